The molecule has 13 heteroatoms. The molecule has 2 aromatic rings. The fraction of sp³-hybridized carbons (Fsp3) is 0.651. The van der Waals surface area contributed by atoms with Crippen LogP contribution in [0.4, 0.5) is 21.0 Å². The number of aldehydes is 1. The van der Waals surface area contributed by atoms with Crippen LogP contribution in [0.1, 0.15) is 76.0 Å². The molecule has 0 unspecified atom stereocenters. The maximum absolute atomic E-state index is 12.2. The van der Waals surface area contributed by atoms with Gasteiger partial charge in [0.2, 0.25) is 0 Å². The number of ether oxygens (including phenoxy) is 4. The van der Waals surface area contributed by atoms with Crippen LogP contribution < -0.4 is 15.1 Å². The van der Waals surface area contributed by atoms with Crippen molar-refractivity contribution in [1.82, 2.24) is 20.0 Å². The molecule has 0 aliphatic carbocycles. The topological polar surface area (TPSA) is 116 Å². The molecule has 4 heterocycles. The molecule has 1 N–H and O–H groups in total. The highest BCUT2D eigenvalue weighted by molar-refractivity contribution is 5.85. The lowest BCUT2D eigenvalue weighted by Crippen LogP contribution is -2.49. The lowest BCUT2D eigenvalue weighted by Gasteiger charge is -2.37. The number of hydrogen-bond donors (Lipinski definition) is 1. The minimum absolute atomic E-state index is 0. The zero-order valence-electron chi connectivity index (χ0n) is 34.7. The van der Waals surface area contributed by atoms with E-state index in [9.17, 15) is 14.4 Å². The first-order valence-corrected chi connectivity index (χ1v) is 19.8. The van der Waals surface area contributed by atoms with Gasteiger partial charge in [-0.3, -0.25) is 9.69 Å². The summed E-state index contributed by atoms with van der Waals surface area (Å²) >= 11 is 0. The highest BCUT2D eigenvalue weighted by Crippen LogP contribution is 2.26. The van der Waals surface area contributed by atoms with Crippen LogP contribution in [0.25, 0.3) is 0 Å². The van der Waals surface area contributed by atoms with Crippen LogP contribution >= 0.6 is 0 Å². The molecule has 2 aromatic carbocycles. The molecule has 314 valence electrons. The minimum atomic E-state index is -0.441. The number of piperazine rings is 2. The van der Waals surface area contributed by atoms with E-state index < -0.39 is 5.60 Å². The van der Waals surface area contributed by atoms with Gasteiger partial charge in [-0.15, -0.1) is 0 Å². The van der Waals surface area contributed by atoms with Gasteiger partial charge in [-0.2, -0.15) is 0 Å². The predicted molar refractivity (Wildman–Crippen MR) is 224 cm³/mol. The fourth-order valence-corrected chi connectivity index (χ4v) is 6.57. The Hall–Kier alpha value is -3.91. The third-order valence-electron chi connectivity index (χ3n) is 9.44. The number of nitrogens with zero attached hydrogens (tertiary/aromatic N) is 5. The Kier molecular flexibility index (Phi) is 18.4. The van der Waals surface area contributed by atoms with E-state index in [1.54, 1.807) is 4.90 Å². The highest BCUT2D eigenvalue weighted by Gasteiger charge is 2.27. The van der Waals surface area contributed by atoms with Gasteiger partial charge >= 0.3 is 12.2 Å². The van der Waals surface area contributed by atoms with Gasteiger partial charge in [0.15, 0.2) is 6.29 Å². The molecule has 4 aliphatic heterocycles. The van der Waals surface area contributed by atoms with E-state index in [4.69, 9.17) is 18.9 Å². The number of aryl methyl sites for hydroxylation is 2. The molecule has 0 bridgehead atoms. The van der Waals surface area contributed by atoms with Gasteiger partial charge in [-0.1, -0.05) is 25.6 Å². The first-order chi connectivity index (χ1) is 26.1. The van der Waals surface area contributed by atoms with E-state index in [1.807, 2.05) is 65.5 Å². The summed E-state index contributed by atoms with van der Waals surface area (Å²) in [5.41, 5.74) is 6.12. The Morgan fingerprint density at radius 1 is 0.661 bits per heavy atom. The van der Waals surface area contributed by atoms with E-state index in [0.29, 0.717) is 13.1 Å². The minimum Gasteiger partial charge on any atom is -0.444 e. The molecule has 4 aliphatic rings. The van der Waals surface area contributed by atoms with E-state index in [2.05, 4.69) is 51.2 Å². The molecule has 56 heavy (non-hydrogen) atoms. The highest BCUT2D eigenvalue weighted by atomic mass is 16.6. The van der Waals surface area contributed by atoms with Crippen molar-refractivity contribution in [3.05, 3.63) is 58.7 Å². The van der Waals surface area contributed by atoms with E-state index >= 15 is 0 Å². The molecule has 0 saturated carbocycles. The summed E-state index contributed by atoms with van der Waals surface area (Å²) in [4.78, 5) is 45.3. The molecule has 0 aromatic heterocycles. The second-order valence-corrected chi connectivity index (χ2v) is 16.5. The smallest absolute Gasteiger partial charge is 0.410 e. The van der Waals surface area contributed by atoms with Crippen molar-refractivity contribution < 1.29 is 33.3 Å². The van der Waals surface area contributed by atoms with Crippen molar-refractivity contribution in [2.24, 2.45) is 0 Å². The van der Waals surface area contributed by atoms with Gasteiger partial charge in [0.05, 0.1) is 26.4 Å². The lowest BCUT2D eigenvalue weighted by atomic mass is 10.1. The summed E-state index contributed by atoms with van der Waals surface area (Å²) in [5, 5.41) is 3.18. The zero-order chi connectivity index (χ0) is 40.0. The fourth-order valence-electron chi connectivity index (χ4n) is 6.57. The molecule has 6 rings (SSSR count). The third kappa shape index (κ3) is 15.6. The number of amides is 2. The van der Waals surface area contributed by atoms with Gasteiger partial charge in [0.25, 0.3) is 0 Å². The Labute approximate surface area is 336 Å². The second-order valence-electron chi connectivity index (χ2n) is 16.5. The molecule has 4 saturated heterocycles. The normalized spacial score (nSPS) is 18.0. The van der Waals surface area contributed by atoms with Crippen LogP contribution in [-0.4, -0.2) is 149 Å². The maximum Gasteiger partial charge on any atom is 0.410 e. The van der Waals surface area contributed by atoms with Crippen LogP contribution in [0, 0.1) is 13.8 Å². The number of morpholine rings is 2. The summed E-state index contributed by atoms with van der Waals surface area (Å²) in [7, 11) is 0. The van der Waals surface area contributed by atoms with Gasteiger partial charge in [0.1, 0.15) is 11.2 Å². The van der Waals surface area contributed by atoms with Crippen LogP contribution in [0.3, 0.4) is 0 Å². The Morgan fingerprint density at radius 3 is 1.59 bits per heavy atom. The van der Waals surface area contributed by atoms with Crippen LogP contribution in [0.15, 0.2) is 36.4 Å². The molecule has 0 spiro atoms. The largest absolute Gasteiger partial charge is 0.444 e. The summed E-state index contributed by atoms with van der Waals surface area (Å²) in [6, 6.07) is 12.6. The average molecular weight is 783 g/mol. The summed E-state index contributed by atoms with van der Waals surface area (Å²) in [5.74, 6) is 0. The molecule has 0 atom stereocenters. The molecule has 2 amide bonds. The van der Waals surface area contributed by atoms with Gasteiger partial charge < -0.3 is 43.9 Å². The predicted octanol–water partition coefficient (Wildman–Crippen LogP) is 5.99. The number of carbonyl (C=O) groups is 3. The van der Waals surface area contributed by atoms with Crippen LogP contribution in [0.2, 0.25) is 0 Å². The number of nitrogens with one attached hydrogen (secondary N) is 1. The Morgan fingerprint density at radius 2 is 1.11 bits per heavy atom. The zero-order valence-corrected chi connectivity index (χ0v) is 34.7. The van der Waals surface area contributed by atoms with Crippen molar-refractivity contribution in [2.45, 2.75) is 80.6 Å². The standard InChI is InChI=1S/C21H33N3O3.C12H15NO2.C9H18N2O2.CH4/c1-17-5-6-18(19(15-17)23-11-13-26-14-12-23)16-22-7-9-24(10-8-22)20(25)27-21(2,3)4;1-10-2-3-11(9-14)12(8-10)13-4-6-15-7-5-13;1-9(2,3)13-8(12)11-6-4-10-5-7-11;/h5-6,15H,7-14,16H2,1-4H3;2-3,8-9H,4-7H2,1H3;10H,4-7H2,1-3H3;1H4. The summed E-state index contributed by atoms with van der Waals surface area (Å²) < 4.78 is 21.5. The quantitative estimate of drug-likeness (QED) is 0.361. The number of carbonyl (C=O) groups excluding carboxylic acids is 3. The maximum atomic E-state index is 12.2. The van der Waals surface area contributed by atoms with Gasteiger partial charge in [-0.05, 0) is 90.3 Å². The SMILES string of the molecule is C.CC(C)(C)OC(=O)N1CCNCC1.Cc1ccc(C=O)c(N2CCOCC2)c1.Cc1ccc(CN2CCN(C(=O)OC(C)(C)C)CC2)c(N2CCOCC2)c1. The van der Waals surface area contributed by atoms with Crippen molar-refractivity contribution in [3.8, 4) is 0 Å². The number of benzene rings is 2. The summed E-state index contributed by atoms with van der Waals surface area (Å²) in [6.45, 7) is 29.6. The molecule has 4 fully saturated rings. The van der Waals surface area contributed by atoms with Gasteiger partial charge in [0, 0.05) is 102 Å². The Bertz CT molecular complexity index is 1520. The molecule has 13 nitrogen and oxygen atoms in total. The average Bonchev–Trinajstić information content (AvgIpc) is 3.16. The van der Waals surface area contributed by atoms with Crippen LogP contribution in [0.5, 0.6) is 0 Å². The third-order valence-corrected chi connectivity index (χ3v) is 9.44. The van der Waals surface area contributed by atoms with Crippen molar-refractivity contribution in [3.63, 3.8) is 0 Å². The Balaban J connectivity index is 0.000000245. The van der Waals surface area contributed by atoms with E-state index in [1.165, 1.54) is 22.4 Å². The monoisotopic (exact) mass is 783 g/mol. The molecular weight excluding hydrogens is 713 g/mol. The van der Waals surface area contributed by atoms with Crippen LogP contribution in [-0.2, 0) is 25.5 Å². The summed E-state index contributed by atoms with van der Waals surface area (Å²) in [6.07, 6.45) is 0.519. The number of hydrogen-bond acceptors (Lipinski definition) is 11. The molecular formula is C43H70N6O7. The first-order valence-electron chi connectivity index (χ1n) is 19.8. The first kappa shape index (κ1) is 46.5. The van der Waals surface area contributed by atoms with Gasteiger partial charge in [-0.25, -0.2) is 9.59 Å². The number of rotatable bonds is 5. The lowest BCUT2D eigenvalue weighted by molar-refractivity contribution is 0.0138. The number of anilines is 2. The van der Waals surface area contributed by atoms with E-state index in [0.717, 1.165) is 116 Å². The van der Waals surface area contributed by atoms with Crippen molar-refractivity contribution in [2.75, 3.05) is 115 Å². The van der Waals surface area contributed by atoms with Crippen molar-refractivity contribution >= 4 is 29.8 Å². The molecule has 0 radical (unpaired) electrons. The van der Waals surface area contributed by atoms with Crippen molar-refractivity contribution in [1.29, 1.82) is 0 Å². The second kappa shape index (κ2) is 22.1. The van der Waals surface area contributed by atoms with E-state index in [-0.39, 0.29) is 25.2 Å².